The van der Waals surface area contributed by atoms with Crippen LogP contribution in [0.3, 0.4) is 0 Å². The third kappa shape index (κ3) is 8.75. The van der Waals surface area contributed by atoms with Gasteiger partial charge in [0, 0.05) is 60.1 Å². The smallest absolute Gasteiger partial charge is 0.161 e. The van der Waals surface area contributed by atoms with E-state index in [0.717, 1.165) is 33.8 Å². The number of fused-ring (bicyclic) bond motifs is 2. The summed E-state index contributed by atoms with van der Waals surface area (Å²) in [5, 5.41) is 0. The molecule has 4 bridgehead atoms. The van der Waals surface area contributed by atoms with Crippen molar-refractivity contribution >= 4 is 0 Å². The van der Waals surface area contributed by atoms with E-state index in [4.69, 9.17) is 56.8 Å². The van der Waals surface area contributed by atoms with E-state index in [-0.39, 0.29) is 23.7 Å². The van der Waals surface area contributed by atoms with Crippen LogP contribution in [-0.2, 0) is 28.4 Å². The molecule has 1 aliphatic heterocycles. The Morgan fingerprint density at radius 1 is 0.329 bits per heavy atom. The number of methoxy groups -OCH3 is 2. The molecule has 0 spiro atoms. The summed E-state index contributed by atoms with van der Waals surface area (Å²) in [6.07, 6.45) is 0. The van der Waals surface area contributed by atoms with Crippen LogP contribution in [0.1, 0.15) is 90.4 Å². The van der Waals surface area contributed by atoms with Crippen molar-refractivity contribution in [2.24, 2.45) is 0 Å². The first-order chi connectivity index (χ1) is 34.8. The summed E-state index contributed by atoms with van der Waals surface area (Å²) in [5.41, 5.74) is 14.6. The van der Waals surface area contributed by atoms with Crippen LogP contribution in [0, 0.1) is 0 Å². The van der Waals surface area contributed by atoms with Crippen molar-refractivity contribution in [1.82, 2.24) is 0 Å². The third-order valence-corrected chi connectivity index (χ3v) is 13.9. The normalized spacial score (nSPS) is 20.6. The Kier molecular flexibility index (Phi) is 14.2. The molecule has 0 aromatic heterocycles. The minimum Gasteiger partial charge on any atom is -0.491 e. The van der Waals surface area contributed by atoms with Crippen LogP contribution in [0.15, 0.2) is 109 Å². The molecule has 364 valence electrons. The second-order valence-electron chi connectivity index (χ2n) is 17.8. The quantitative estimate of drug-likeness (QED) is 0.136. The number of rotatable bonds is 8. The summed E-state index contributed by atoms with van der Waals surface area (Å²) in [6, 6.07) is 38.6. The highest BCUT2D eigenvalue weighted by Crippen LogP contribution is 2.68. The van der Waals surface area contributed by atoms with Gasteiger partial charge in [0.25, 0.3) is 0 Å². The van der Waals surface area contributed by atoms with Crippen LogP contribution in [0.5, 0.6) is 34.5 Å². The molecule has 0 unspecified atom stereocenters. The summed E-state index contributed by atoms with van der Waals surface area (Å²) in [6.45, 7) is 6.24. The molecule has 0 N–H and O–H groups in total. The number of ether oxygens (including phenoxy) is 12. The zero-order valence-corrected chi connectivity index (χ0v) is 39.9. The van der Waals surface area contributed by atoms with Gasteiger partial charge in [-0.1, -0.05) is 84.9 Å². The second kappa shape index (κ2) is 21.5. The van der Waals surface area contributed by atoms with Gasteiger partial charge in [0.15, 0.2) is 23.0 Å². The van der Waals surface area contributed by atoms with Crippen LogP contribution in [0.25, 0.3) is 0 Å². The fourth-order valence-electron chi connectivity index (χ4n) is 11.2. The van der Waals surface area contributed by atoms with Crippen LogP contribution in [0.2, 0.25) is 0 Å². The van der Waals surface area contributed by atoms with E-state index >= 15 is 0 Å². The summed E-state index contributed by atoms with van der Waals surface area (Å²) in [4.78, 5) is 0. The lowest BCUT2D eigenvalue weighted by atomic mass is 9.55. The zero-order valence-electron chi connectivity index (χ0n) is 39.9. The Hall–Kier alpha value is -6.12. The lowest BCUT2D eigenvalue weighted by Crippen LogP contribution is -2.34. The van der Waals surface area contributed by atoms with E-state index < -0.39 is 0 Å². The van der Waals surface area contributed by atoms with Gasteiger partial charge in [0.1, 0.15) is 51.1 Å². The minimum atomic E-state index is -0.207. The maximum absolute atomic E-state index is 7.18. The van der Waals surface area contributed by atoms with Crippen LogP contribution in [0.4, 0.5) is 0 Å². The standard InChI is InChI=1S/C58H60O12/c1-59-19-29-69-57-53-49-37-11-3-5-13-39(37)50(40-14-6-4-12-38(40)49)54(53)58(70-30-20-60-2)56-52-42-16-8-7-15-41(42)51(55(56)57)43-35-47-48(36-44(43)52)68-34-28-64-24-22-62-26-32-66-46-18-10-9-17-45(46)65-31-25-61-21-23-63-27-33-67-47/h3-18,35-36,49-52H,19-34H2,1-2H3/t49?,50?,51-,52+. The van der Waals surface area contributed by atoms with Gasteiger partial charge in [-0.15, -0.1) is 0 Å². The van der Waals surface area contributed by atoms with Crippen molar-refractivity contribution in [2.75, 3.05) is 120 Å². The molecule has 2 atom stereocenters. The molecule has 6 aromatic carbocycles. The Morgan fingerprint density at radius 2 is 0.600 bits per heavy atom. The average molecular weight is 949 g/mol. The van der Waals surface area contributed by atoms with Crippen LogP contribution >= 0.6 is 0 Å². The Balaban J connectivity index is 0.975. The first-order valence-electron chi connectivity index (χ1n) is 24.6. The van der Waals surface area contributed by atoms with E-state index in [1.165, 1.54) is 44.5 Å². The topological polar surface area (TPSA) is 111 Å². The molecule has 6 aliphatic carbocycles. The Labute approximate surface area is 409 Å². The molecule has 0 fully saturated rings. The van der Waals surface area contributed by atoms with E-state index in [0.29, 0.717) is 129 Å². The molecule has 6 aromatic rings. The minimum absolute atomic E-state index is 0.0604. The molecule has 0 saturated heterocycles. The molecule has 13 rings (SSSR count). The highest BCUT2D eigenvalue weighted by Gasteiger charge is 2.52. The van der Waals surface area contributed by atoms with Gasteiger partial charge in [-0.3, -0.25) is 0 Å². The van der Waals surface area contributed by atoms with Gasteiger partial charge in [0.2, 0.25) is 0 Å². The predicted molar refractivity (Wildman–Crippen MR) is 262 cm³/mol. The lowest BCUT2D eigenvalue weighted by Gasteiger charge is -2.49. The Bertz CT molecular complexity index is 2560. The highest BCUT2D eigenvalue weighted by molar-refractivity contribution is 5.82. The fraction of sp³-hybridized carbons (Fsp3) is 0.379. The predicted octanol–water partition coefficient (Wildman–Crippen LogP) is 9.01. The average Bonchev–Trinajstić information content (AvgIpc) is 3.40. The van der Waals surface area contributed by atoms with Crippen molar-refractivity contribution in [3.8, 4) is 34.5 Å². The molecule has 12 heteroatoms. The van der Waals surface area contributed by atoms with E-state index in [1.807, 2.05) is 24.3 Å². The Morgan fingerprint density at radius 3 is 0.914 bits per heavy atom. The van der Waals surface area contributed by atoms with Gasteiger partial charge in [-0.2, -0.15) is 0 Å². The molecule has 1 heterocycles. The molecular weight excluding hydrogens is 889 g/mol. The lowest BCUT2D eigenvalue weighted by molar-refractivity contribution is 0.0223. The van der Waals surface area contributed by atoms with Crippen molar-refractivity contribution in [2.45, 2.75) is 23.7 Å². The van der Waals surface area contributed by atoms with Crippen molar-refractivity contribution in [3.63, 3.8) is 0 Å². The molecular formula is C58H60O12. The van der Waals surface area contributed by atoms with Gasteiger partial charge in [0.05, 0.1) is 66.1 Å². The number of hydrogen-bond acceptors (Lipinski definition) is 12. The van der Waals surface area contributed by atoms with Gasteiger partial charge in [-0.05, 0) is 68.8 Å². The molecule has 0 amide bonds. The maximum Gasteiger partial charge on any atom is 0.161 e. The van der Waals surface area contributed by atoms with Crippen LogP contribution in [-0.4, -0.2) is 120 Å². The van der Waals surface area contributed by atoms with Gasteiger partial charge < -0.3 is 56.8 Å². The summed E-state index contributed by atoms with van der Waals surface area (Å²) >= 11 is 0. The summed E-state index contributed by atoms with van der Waals surface area (Å²) in [7, 11) is 3.44. The number of benzene rings is 6. The fourth-order valence-corrected chi connectivity index (χ4v) is 11.2. The summed E-state index contributed by atoms with van der Waals surface area (Å²) in [5.74, 6) is 3.89. The maximum atomic E-state index is 7.18. The van der Waals surface area contributed by atoms with Crippen molar-refractivity contribution < 1.29 is 56.8 Å². The molecule has 0 radical (unpaired) electrons. The highest BCUT2D eigenvalue weighted by atomic mass is 16.6. The monoisotopic (exact) mass is 948 g/mol. The molecule has 0 saturated carbocycles. The number of hydrogen-bond donors (Lipinski definition) is 0. The first kappa shape index (κ1) is 46.3. The van der Waals surface area contributed by atoms with Crippen molar-refractivity contribution in [1.29, 1.82) is 0 Å². The first-order valence-corrected chi connectivity index (χ1v) is 24.6. The van der Waals surface area contributed by atoms with E-state index in [2.05, 4.69) is 84.9 Å². The molecule has 12 nitrogen and oxygen atoms in total. The largest absolute Gasteiger partial charge is 0.491 e. The molecule has 70 heavy (non-hydrogen) atoms. The third-order valence-electron chi connectivity index (χ3n) is 13.9. The van der Waals surface area contributed by atoms with Crippen molar-refractivity contribution in [3.05, 3.63) is 176 Å². The second-order valence-corrected chi connectivity index (χ2v) is 17.8. The van der Waals surface area contributed by atoms with Gasteiger partial charge in [-0.25, -0.2) is 0 Å². The number of para-hydroxylation sites is 2. The SMILES string of the molecule is COCCOc1c2c(c(OCCOC)c3c1[C@@H]1c4ccccc4[C@H]3c3cc4c(cc31)OCCOCCOCCOc1ccccc1OCCOCCOCCO4)C1c3ccccc3C2c2ccccc21. The van der Waals surface area contributed by atoms with Crippen LogP contribution < -0.4 is 28.4 Å². The summed E-state index contributed by atoms with van der Waals surface area (Å²) < 4.78 is 74.6. The zero-order chi connectivity index (χ0) is 47.2. The van der Waals surface area contributed by atoms with E-state index in [9.17, 15) is 0 Å². The van der Waals surface area contributed by atoms with Gasteiger partial charge >= 0.3 is 0 Å². The molecule has 7 aliphatic rings. The van der Waals surface area contributed by atoms with E-state index in [1.54, 1.807) is 14.2 Å².